The lowest BCUT2D eigenvalue weighted by Gasteiger charge is -2.05. The second kappa shape index (κ2) is 4.96. The van der Waals surface area contributed by atoms with E-state index in [1.807, 2.05) is 22.6 Å². The summed E-state index contributed by atoms with van der Waals surface area (Å²) in [5, 5.41) is 0. The lowest BCUT2D eigenvalue weighted by atomic mass is 10.2. The van der Waals surface area contributed by atoms with Crippen LogP contribution in [0.3, 0.4) is 0 Å². The van der Waals surface area contributed by atoms with Crippen LogP contribution in [-0.2, 0) is 9.53 Å². The fourth-order valence-electron chi connectivity index (χ4n) is 0.920. The number of halogens is 1. The Kier molecular flexibility index (Phi) is 3.89. The summed E-state index contributed by atoms with van der Waals surface area (Å²) in [5.74, 6) is -1.35. The number of hydrogen-bond donors (Lipinski definition) is 2. The van der Waals surface area contributed by atoms with E-state index in [1.165, 1.54) is 0 Å². The molecule has 0 spiro atoms. The second-order valence-corrected chi connectivity index (χ2v) is 4.02. The minimum atomic E-state index is -0.701. The van der Waals surface area contributed by atoms with Crippen LogP contribution in [0.4, 0.5) is 5.69 Å². The Labute approximate surface area is 99.9 Å². The molecule has 0 fully saturated rings. The summed E-state index contributed by atoms with van der Waals surface area (Å²) in [7, 11) is 0. The predicted octanol–water partition coefficient (Wildman–Crippen LogP) is 0.516. The number of ether oxygens (including phenoxy) is 1. The van der Waals surface area contributed by atoms with Gasteiger partial charge in [-0.05, 0) is 40.8 Å². The molecule has 5 nitrogen and oxygen atoms in total. The molecule has 6 heteroatoms. The van der Waals surface area contributed by atoms with E-state index in [0.29, 0.717) is 5.69 Å². The van der Waals surface area contributed by atoms with Gasteiger partial charge in [0.2, 0.25) is 0 Å². The summed E-state index contributed by atoms with van der Waals surface area (Å²) in [4.78, 5) is 21.8. The number of benzene rings is 1. The third kappa shape index (κ3) is 3.39. The van der Waals surface area contributed by atoms with Gasteiger partial charge in [-0.3, -0.25) is 4.79 Å². The van der Waals surface area contributed by atoms with Crippen molar-refractivity contribution >= 4 is 40.2 Å². The van der Waals surface area contributed by atoms with Gasteiger partial charge in [0.25, 0.3) is 5.91 Å². The van der Waals surface area contributed by atoms with Crippen molar-refractivity contribution in [3.63, 3.8) is 0 Å². The smallest absolute Gasteiger partial charge is 0.340 e. The Morgan fingerprint density at radius 3 is 2.67 bits per heavy atom. The van der Waals surface area contributed by atoms with E-state index in [2.05, 4.69) is 4.74 Å². The van der Waals surface area contributed by atoms with E-state index in [1.54, 1.807) is 18.2 Å². The zero-order valence-corrected chi connectivity index (χ0v) is 9.85. The van der Waals surface area contributed by atoms with Gasteiger partial charge >= 0.3 is 5.97 Å². The van der Waals surface area contributed by atoms with E-state index < -0.39 is 18.5 Å². The van der Waals surface area contributed by atoms with Crippen LogP contribution in [-0.4, -0.2) is 18.5 Å². The van der Waals surface area contributed by atoms with Gasteiger partial charge in [-0.2, -0.15) is 0 Å². The molecule has 0 radical (unpaired) electrons. The first-order valence-electron chi connectivity index (χ1n) is 4.01. The standard InChI is InChI=1S/C9H9IN2O3/c10-5-1-2-7(11)6(3-5)9(14)15-4-8(12)13/h1-3H,4,11H2,(H2,12,13). The molecule has 0 aliphatic heterocycles. The predicted molar refractivity (Wildman–Crippen MR) is 63.0 cm³/mol. The maximum Gasteiger partial charge on any atom is 0.340 e. The Morgan fingerprint density at radius 1 is 1.40 bits per heavy atom. The Bertz CT molecular complexity index is 406. The summed E-state index contributed by atoms with van der Waals surface area (Å²) < 4.78 is 5.48. The molecule has 0 bridgehead atoms. The first-order chi connectivity index (χ1) is 7.00. The Morgan fingerprint density at radius 2 is 2.07 bits per heavy atom. The normalized spacial score (nSPS) is 9.67. The molecular formula is C9H9IN2O3. The number of carbonyl (C=O) groups is 2. The highest BCUT2D eigenvalue weighted by Crippen LogP contribution is 2.16. The maximum atomic E-state index is 11.4. The quantitative estimate of drug-likeness (QED) is 0.482. The fourth-order valence-corrected chi connectivity index (χ4v) is 1.41. The molecule has 0 atom stereocenters. The van der Waals surface area contributed by atoms with Gasteiger partial charge in [0.15, 0.2) is 6.61 Å². The summed E-state index contributed by atoms with van der Waals surface area (Å²) in [5.41, 5.74) is 11.0. The Hall–Kier alpha value is -1.31. The zero-order valence-electron chi connectivity index (χ0n) is 7.70. The maximum absolute atomic E-state index is 11.4. The van der Waals surface area contributed by atoms with E-state index in [-0.39, 0.29) is 5.56 Å². The molecule has 1 aromatic carbocycles. The molecule has 80 valence electrons. The monoisotopic (exact) mass is 320 g/mol. The number of anilines is 1. The topological polar surface area (TPSA) is 95.4 Å². The van der Waals surface area contributed by atoms with Crippen molar-refractivity contribution in [3.8, 4) is 0 Å². The molecule has 1 amide bonds. The highest BCUT2D eigenvalue weighted by molar-refractivity contribution is 14.1. The highest BCUT2D eigenvalue weighted by Gasteiger charge is 2.12. The van der Waals surface area contributed by atoms with Crippen molar-refractivity contribution < 1.29 is 14.3 Å². The summed E-state index contributed by atoms with van der Waals surface area (Å²) >= 11 is 2.04. The molecule has 0 heterocycles. The average Bonchev–Trinajstić information content (AvgIpc) is 2.18. The van der Waals surface area contributed by atoms with Crippen LogP contribution in [0.15, 0.2) is 18.2 Å². The summed E-state index contributed by atoms with van der Waals surface area (Å²) in [6, 6.07) is 4.95. The summed E-state index contributed by atoms with van der Waals surface area (Å²) in [6.45, 7) is -0.441. The lowest BCUT2D eigenvalue weighted by molar-refractivity contribution is -0.121. The van der Waals surface area contributed by atoms with E-state index in [0.717, 1.165) is 3.57 Å². The largest absolute Gasteiger partial charge is 0.452 e. The van der Waals surface area contributed by atoms with Crippen molar-refractivity contribution in [1.82, 2.24) is 0 Å². The molecule has 4 N–H and O–H groups in total. The number of esters is 1. The van der Waals surface area contributed by atoms with Crippen molar-refractivity contribution in [2.75, 3.05) is 12.3 Å². The average molecular weight is 320 g/mol. The molecular weight excluding hydrogens is 311 g/mol. The highest BCUT2D eigenvalue weighted by atomic mass is 127. The van der Waals surface area contributed by atoms with E-state index in [9.17, 15) is 9.59 Å². The number of amides is 1. The third-order valence-electron chi connectivity index (χ3n) is 1.58. The van der Waals surface area contributed by atoms with Crippen LogP contribution in [0.2, 0.25) is 0 Å². The number of rotatable bonds is 3. The first kappa shape index (κ1) is 11.8. The van der Waals surface area contributed by atoms with Crippen LogP contribution >= 0.6 is 22.6 Å². The number of primary amides is 1. The van der Waals surface area contributed by atoms with Crippen molar-refractivity contribution in [2.45, 2.75) is 0 Å². The lowest BCUT2D eigenvalue weighted by Crippen LogP contribution is -2.21. The second-order valence-electron chi connectivity index (χ2n) is 2.77. The van der Waals surface area contributed by atoms with Gasteiger partial charge in [-0.15, -0.1) is 0 Å². The van der Waals surface area contributed by atoms with Gasteiger partial charge < -0.3 is 16.2 Å². The molecule has 0 aliphatic rings. The van der Waals surface area contributed by atoms with Crippen LogP contribution in [0, 0.1) is 3.57 Å². The Balaban J connectivity index is 2.81. The fraction of sp³-hybridized carbons (Fsp3) is 0.111. The number of carbonyl (C=O) groups excluding carboxylic acids is 2. The minimum absolute atomic E-state index is 0.239. The van der Waals surface area contributed by atoms with E-state index >= 15 is 0 Å². The molecule has 0 aliphatic carbocycles. The van der Waals surface area contributed by atoms with Crippen molar-refractivity contribution in [1.29, 1.82) is 0 Å². The molecule has 1 aromatic rings. The number of nitrogens with two attached hydrogens (primary N) is 2. The van der Waals surface area contributed by atoms with Crippen LogP contribution in [0.5, 0.6) is 0 Å². The van der Waals surface area contributed by atoms with Crippen LogP contribution in [0.1, 0.15) is 10.4 Å². The van der Waals surface area contributed by atoms with Gasteiger partial charge in [0, 0.05) is 9.26 Å². The van der Waals surface area contributed by atoms with E-state index in [4.69, 9.17) is 11.5 Å². The molecule has 0 saturated heterocycles. The van der Waals surface area contributed by atoms with Gasteiger partial charge in [0.05, 0.1) is 5.56 Å². The molecule has 1 rings (SSSR count). The van der Waals surface area contributed by atoms with Crippen LogP contribution in [0.25, 0.3) is 0 Å². The van der Waals surface area contributed by atoms with Crippen molar-refractivity contribution in [2.24, 2.45) is 5.73 Å². The van der Waals surface area contributed by atoms with Crippen molar-refractivity contribution in [3.05, 3.63) is 27.3 Å². The SMILES string of the molecule is NC(=O)COC(=O)c1cc(I)ccc1N. The number of nitrogen functional groups attached to an aromatic ring is 1. The number of hydrogen-bond acceptors (Lipinski definition) is 4. The first-order valence-corrected chi connectivity index (χ1v) is 5.09. The molecule has 15 heavy (non-hydrogen) atoms. The molecule has 0 saturated carbocycles. The zero-order chi connectivity index (χ0) is 11.4. The van der Waals surface area contributed by atoms with Crippen LogP contribution < -0.4 is 11.5 Å². The van der Waals surface area contributed by atoms with Gasteiger partial charge in [-0.1, -0.05) is 0 Å². The molecule has 0 aromatic heterocycles. The van der Waals surface area contributed by atoms with Gasteiger partial charge in [-0.25, -0.2) is 4.79 Å². The molecule has 0 unspecified atom stereocenters. The summed E-state index contributed by atoms with van der Waals surface area (Å²) in [6.07, 6.45) is 0. The third-order valence-corrected chi connectivity index (χ3v) is 2.25. The minimum Gasteiger partial charge on any atom is -0.452 e. The van der Waals surface area contributed by atoms with Gasteiger partial charge in [0.1, 0.15) is 0 Å².